The van der Waals surface area contributed by atoms with E-state index in [4.69, 9.17) is 0 Å². The standard InChI is InChI=1S/C47H33NS/c1-47(2)42-29-35(22-25-38(42)39-24-21-31-15-9-11-19-36(31)45(39)47)48(33-17-7-4-8-18-33)34-23-26-43-41(28-34)44-40(30-13-5-3-6-14-30)27-32-16-10-12-20-37(32)46(44)49-43/h3-29H,1-2H3. The Morgan fingerprint density at radius 3 is 1.94 bits per heavy atom. The summed E-state index contributed by atoms with van der Waals surface area (Å²) in [5, 5.41) is 7.86. The number of rotatable bonds is 4. The monoisotopic (exact) mass is 643 g/mol. The molecule has 0 spiro atoms. The molecule has 232 valence electrons. The van der Waals surface area contributed by atoms with Crippen molar-refractivity contribution in [2.75, 3.05) is 4.90 Å². The minimum Gasteiger partial charge on any atom is -0.310 e. The SMILES string of the molecule is CC1(C)c2cc(N(c3ccccc3)c3ccc4sc5c6ccccc6cc(-c6ccccc6)c5c4c3)ccc2-c2ccc3ccccc3c21. The van der Waals surface area contributed by atoms with Gasteiger partial charge < -0.3 is 4.90 Å². The van der Waals surface area contributed by atoms with Crippen molar-refractivity contribution in [2.24, 2.45) is 0 Å². The topological polar surface area (TPSA) is 3.24 Å². The van der Waals surface area contributed by atoms with Crippen LogP contribution in [0.5, 0.6) is 0 Å². The Morgan fingerprint density at radius 1 is 0.469 bits per heavy atom. The molecule has 0 saturated carbocycles. The predicted molar refractivity (Wildman–Crippen MR) is 212 cm³/mol. The molecular formula is C47H33NS. The molecule has 0 radical (unpaired) electrons. The van der Waals surface area contributed by atoms with Gasteiger partial charge in [-0.1, -0.05) is 129 Å². The molecule has 10 rings (SSSR count). The van der Waals surface area contributed by atoms with Gasteiger partial charge in [-0.2, -0.15) is 0 Å². The van der Waals surface area contributed by atoms with Crippen LogP contribution in [-0.4, -0.2) is 0 Å². The Balaban J connectivity index is 1.20. The third-order valence-electron chi connectivity index (χ3n) is 10.6. The summed E-state index contributed by atoms with van der Waals surface area (Å²) in [5.74, 6) is 0. The van der Waals surface area contributed by atoms with Gasteiger partial charge in [-0.25, -0.2) is 0 Å². The average Bonchev–Trinajstić information content (AvgIpc) is 3.64. The van der Waals surface area contributed by atoms with Gasteiger partial charge in [0.25, 0.3) is 0 Å². The molecule has 49 heavy (non-hydrogen) atoms. The zero-order valence-corrected chi connectivity index (χ0v) is 28.3. The van der Waals surface area contributed by atoms with Crippen molar-refractivity contribution in [3.8, 4) is 22.3 Å². The maximum Gasteiger partial charge on any atom is 0.0468 e. The Kier molecular flexibility index (Phi) is 6.16. The molecule has 1 aromatic heterocycles. The van der Waals surface area contributed by atoms with Crippen LogP contribution in [0.1, 0.15) is 25.0 Å². The summed E-state index contributed by atoms with van der Waals surface area (Å²) in [4.78, 5) is 2.43. The van der Waals surface area contributed by atoms with Crippen LogP contribution in [0.4, 0.5) is 17.1 Å². The van der Waals surface area contributed by atoms with Gasteiger partial charge in [-0.05, 0) is 103 Å². The smallest absolute Gasteiger partial charge is 0.0468 e. The van der Waals surface area contributed by atoms with Crippen molar-refractivity contribution >= 4 is 70.1 Å². The highest BCUT2D eigenvalue weighted by Crippen LogP contribution is 2.53. The summed E-state index contributed by atoms with van der Waals surface area (Å²) < 4.78 is 2.65. The minimum atomic E-state index is -0.136. The number of anilines is 3. The number of para-hydroxylation sites is 1. The third-order valence-corrected chi connectivity index (χ3v) is 11.8. The van der Waals surface area contributed by atoms with Crippen molar-refractivity contribution in [3.63, 3.8) is 0 Å². The molecule has 0 bridgehead atoms. The fraction of sp³-hybridized carbons (Fsp3) is 0.0638. The minimum absolute atomic E-state index is 0.136. The molecule has 1 nitrogen and oxygen atoms in total. The molecule has 0 aliphatic heterocycles. The highest BCUT2D eigenvalue weighted by atomic mass is 32.1. The molecule has 1 aliphatic rings. The van der Waals surface area contributed by atoms with Gasteiger partial charge in [0.1, 0.15) is 0 Å². The van der Waals surface area contributed by atoms with E-state index in [-0.39, 0.29) is 5.41 Å². The van der Waals surface area contributed by atoms with E-state index in [0.717, 1.165) is 11.4 Å². The second-order valence-corrected chi connectivity index (χ2v) is 14.8. The Labute approximate surface area is 290 Å². The van der Waals surface area contributed by atoms with Gasteiger partial charge in [-0.3, -0.25) is 0 Å². The number of nitrogens with zero attached hydrogens (tertiary/aromatic N) is 1. The molecule has 8 aromatic carbocycles. The molecule has 1 heterocycles. The fourth-order valence-electron chi connectivity index (χ4n) is 8.34. The zero-order valence-electron chi connectivity index (χ0n) is 27.4. The van der Waals surface area contributed by atoms with Gasteiger partial charge in [0.05, 0.1) is 0 Å². The molecule has 1 aliphatic carbocycles. The number of hydrogen-bond donors (Lipinski definition) is 0. The lowest BCUT2D eigenvalue weighted by atomic mass is 9.80. The number of fused-ring (bicyclic) bond motifs is 10. The second-order valence-electron chi connectivity index (χ2n) is 13.7. The largest absolute Gasteiger partial charge is 0.310 e. The van der Waals surface area contributed by atoms with Crippen LogP contribution in [0, 0.1) is 0 Å². The van der Waals surface area contributed by atoms with Crippen LogP contribution in [0.3, 0.4) is 0 Å². The van der Waals surface area contributed by atoms with E-state index < -0.39 is 0 Å². The number of benzene rings is 8. The lowest BCUT2D eigenvalue weighted by molar-refractivity contribution is 0.666. The molecule has 0 atom stereocenters. The maximum absolute atomic E-state index is 2.44. The summed E-state index contributed by atoms with van der Waals surface area (Å²) in [7, 11) is 0. The predicted octanol–water partition coefficient (Wildman–Crippen LogP) is 13.8. The van der Waals surface area contributed by atoms with Crippen LogP contribution in [0.15, 0.2) is 164 Å². The van der Waals surface area contributed by atoms with Crippen molar-refractivity contribution in [1.29, 1.82) is 0 Å². The Morgan fingerprint density at radius 2 is 1.12 bits per heavy atom. The third kappa shape index (κ3) is 4.24. The van der Waals surface area contributed by atoms with E-state index in [1.54, 1.807) is 0 Å². The van der Waals surface area contributed by atoms with E-state index in [1.165, 1.54) is 80.8 Å². The molecule has 0 fully saturated rings. The van der Waals surface area contributed by atoms with Crippen molar-refractivity contribution in [3.05, 3.63) is 175 Å². The lowest BCUT2D eigenvalue weighted by Gasteiger charge is -2.28. The first-order valence-corrected chi connectivity index (χ1v) is 17.8. The van der Waals surface area contributed by atoms with Crippen molar-refractivity contribution < 1.29 is 0 Å². The first kappa shape index (κ1) is 28.3. The van der Waals surface area contributed by atoms with Crippen LogP contribution in [-0.2, 0) is 5.41 Å². The molecular weight excluding hydrogens is 611 g/mol. The summed E-state index contributed by atoms with van der Waals surface area (Å²) in [6.07, 6.45) is 0. The quantitative estimate of drug-likeness (QED) is 0.184. The highest BCUT2D eigenvalue weighted by molar-refractivity contribution is 7.26. The average molecular weight is 644 g/mol. The zero-order chi connectivity index (χ0) is 32.7. The van der Waals surface area contributed by atoms with E-state index in [2.05, 4.69) is 183 Å². The Bertz CT molecular complexity index is 2740. The van der Waals surface area contributed by atoms with Crippen LogP contribution < -0.4 is 4.90 Å². The highest BCUT2D eigenvalue weighted by Gasteiger charge is 2.37. The normalized spacial score (nSPS) is 13.3. The van der Waals surface area contributed by atoms with E-state index in [1.807, 2.05) is 11.3 Å². The first-order valence-electron chi connectivity index (χ1n) is 17.0. The van der Waals surface area contributed by atoms with E-state index in [9.17, 15) is 0 Å². The molecule has 0 unspecified atom stereocenters. The Hall–Kier alpha value is -5.70. The summed E-state index contributed by atoms with van der Waals surface area (Å²) in [6.45, 7) is 4.78. The van der Waals surface area contributed by atoms with Crippen LogP contribution in [0.2, 0.25) is 0 Å². The number of thiophene rings is 1. The molecule has 9 aromatic rings. The lowest BCUT2D eigenvalue weighted by Crippen LogP contribution is -2.17. The van der Waals surface area contributed by atoms with Gasteiger partial charge in [0, 0.05) is 42.6 Å². The molecule has 0 saturated heterocycles. The van der Waals surface area contributed by atoms with Gasteiger partial charge in [-0.15, -0.1) is 11.3 Å². The number of hydrogen-bond acceptors (Lipinski definition) is 2. The fourth-order valence-corrected chi connectivity index (χ4v) is 9.58. The van der Waals surface area contributed by atoms with Gasteiger partial charge >= 0.3 is 0 Å². The summed E-state index contributed by atoms with van der Waals surface area (Å²) in [5.41, 5.74) is 11.4. The van der Waals surface area contributed by atoms with Crippen molar-refractivity contribution in [2.45, 2.75) is 19.3 Å². The first-order chi connectivity index (χ1) is 24.1. The molecule has 2 heteroatoms. The van der Waals surface area contributed by atoms with E-state index >= 15 is 0 Å². The second kappa shape index (κ2) is 10.7. The van der Waals surface area contributed by atoms with Crippen molar-refractivity contribution in [1.82, 2.24) is 0 Å². The van der Waals surface area contributed by atoms with Crippen LogP contribution in [0.25, 0.3) is 64.0 Å². The molecule has 0 N–H and O–H groups in total. The maximum atomic E-state index is 2.44. The van der Waals surface area contributed by atoms with Gasteiger partial charge in [0.15, 0.2) is 0 Å². The molecule has 0 amide bonds. The van der Waals surface area contributed by atoms with E-state index in [0.29, 0.717) is 0 Å². The van der Waals surface area contributed by atoms with Crippen LogP contribution >= 0.6 is 11.3 Å². The summed E-state index contributed by atoms with van der Waals surface area (Å²) in [6, 6.07) is 60.4. The van der Waals surface area contributed by atoms with Gasteiger partial charge in [0.2, 0.25) is 0 Å². The summed E-state index contributed by atoms with van der Waals surface area (Å²) >= 11 is 1.90.